The first-order valence-electron chi connectivity index (χ1n) is 5.87. The summed E-state index contributed by atoms with van der Waals surface area (Å²) < 4.78 is 49.9. The summed E-state index contributed by atoms with van der Waals surface area (Å²) in [6.07, 6.45) is 0. The summed E-state index contributed by atoms with van der Waals surface area (Å²) in [5.74, 6) is -3.61. The second-order valence-electron chi connectivity index (χ2n) is 4.79. The van der Waals surface area contributed by atoms with E-state index in [9.17, 15) is 22.0 Å². The van der Waals surface area contributed by atoms with Crippen molar-refractivity contribution in [2.75, 3.05) is 0 Å². The molecule has 0 aliphatic rings. The summed E-state index contributed by atoms with van der Waals surface area (Å²) in [4.78, 5) is 10.9. The van der Waals surface area contributed by atoms with Gasteiger partial charge in [-0.1, -0.05) is 13.8 Å². The summed E-state index contributed by atoms with van der Waals surface area (Å²) in [5, 5.41) is 7.21. The fraction of sp³-hybridized carbons (Fsp3) is 0.417. The molecule has 112 valence electrons. The Morgan fingerprint density at radius 1 is 1.25 bits per heavy atom. The van der Waals surface area contributed by atoms with Crippen LogP contribution in [0.3, 0.4) is 0 Å². The Morgan fingerprint density at radius 2 is 1.80 bits per heavy atom. The summed E-state index contributed by atoms with van der Waals surface area (Å²) in [7, 11) is -4.37. The minimum atomic E-state index is -4.37. The van der Waals surface area contributed by atoms with Crippen LogP contribution in [0.2, 0.25) is 0 Å². The van der Waals surface area contributed by atoms with Crippen LogP contribution in [0, 0.1) is 17.6 Å². The first-order valence-corrected chi connectivity index (χ1v) is 7.42. The Labute approximate surface area is 116 Å². The molecule has 1 aromatic rings. The SMILES string of the molecule is CC(C)C(C)NC(=O)c1c(F)ccc(S(N)(=O)=O)c1F. The van der Waals surface area contributed by atoms with Gasteiger partial charge in [-0.15, -0.1) is 0 Å². The molecule has 0 saturated heterocycles. The van der Waals surface area contributed by atoms with E-state index < -0.39 is 38.0 Å². The van der Waals surface area contributed by atoms with Crippen LogP contribution in [0.4, 0.5) is 8.78 Å². The largest absolute Gasteiger partial charge is 0.349 e. The van der Waals surface area contributed by atoms with Crippen molar-refractivity contribution in [2.24, 2.45) is 11.1 Å². The maximum absolute atomic E-state index is 14.0. The summed E-state index contributed by atoms with van der Waals surface area (Å²) >= 11 is 0. The van der Waals surface area contributed by atoms with E-state index in [-0.39, 0.29) is 12.0 Å². The zero-order chi connectivity index (χ0) is 15.7. The maximum Gasteiger partial charge on any atom is 0.257 e. The van der Waals surface area contributed by atoms with Gasteiger partial charge >= 0.3 is 0 Å². The van der Waals surface area contributed by atoms with Crippen molar-refractivity contribution in [1.82, 2.24) is 5.32 Å². The zero-order valence-corrected chi connectivity index (χ0v) is 12.1. The quantitative estimate of drug-likeness (QED) is 0.881. The van der Waals surface area contributed by atoms with Crippen molar-refractivity contribution in [2.45, 2.75) is 31.7 Å². The van der Waals surface area contributed by atoms with Crippen LogP contribution in [0.25, 0.3) is 0 Å². The number of primary sulfonamides is 1. The van der Waals surface area contributed by atoms with Crippen molar-refractivity contribution >= 4 is 15.9 Å². The van der Waals surface area contributed by atoms with E-state index in [0.29, 0.717) is 12.1 Å². The third kappa shape index (κ3) is 3.51. The highest BCUT2D eigenvalue weighted by atomic mass is 32.2. The molecule has 1 rings (SSSR count). The van der Waals surface area contributed by atoms with Gasteiger partial charge in [0.15, 0.2) is 5.82 Å². The van der Waals surface area contributed by atoms with E-state index in [1.165, 1.54) is 0 Å². The molecule has 0 bridgehead atoms. The number of amides is 1. The first kappa shape index (κ1) is 16.5. The first-order chi connectivity index (χ1) is 9.05. The Hall–Kier alpha value is -1.54. The molecular formula is C12H16F2N2O3S. The smallest absolute Gasteiger partial charge is 0.257 e. The number of carbonyl (C=O) groups is 1. The number of halogens is 2. The molecule has 1 amide bonds. The molecule has 0 fully saturated rings. The molecule has 8 heteroatoms. The lowest BCUT2D eigenvalue weighted by atomic mass is 10.1. The van der Waals surface area contributed by atoms with Crippen LogP contribution in [-0.4, -0.2) is 20.4 Å². The highest BCUT2D eigenvalue weighted by molar-refractivity contribution is 7.89. The van der Waals surface area contributed by atoms with E-state index in [1.807, 2.05) is 13.8 Å². The third-order valence-corrected chi connectivity index (χ3v) is 3.88. The Kier molecular flexibility index (Phi) is 4.82. The van der Waals surface area contributed by atoms with Crippen LogP contribution in [-0.2, 0) is 10.0 Å². The minimum absolute atomic E-state index is 0.0477. The maximum atomic E-state index is 14.0. The van der Waals surface area contributed by atoms with Gasteiger partial charge in [0.2, 0.25) is 10.0 Å². The molecule has 1 unspecified atom stereocenters. The molecule has 0 aromatic heterocycles. The van der Waals surface area contributed by atoms with E-state index >= 15 is 0 Å². The van der Waals surface area contributed by atoms with Crippen molar-refractivity contribution in [3.05, 3.63) is 29.3 Å². The molecule has 3 N–H and O–H groups in total. The average Bonchev–Trinajstić information content (AvgIpc) is 2.26. The minimum Gasteiger partial charge on any atom is -0.349 e. The van der Waals surface area contributed by atoms with Gasteiger partial charge < -0.3 is 5.32 Å². The number of sulfonamides is 1. The number of carbonyl (C=O) groups excluding carboxylic acids is 1. The Morgan fingerprint density at radius 3 is 2.25 bits per heavy atom. The molecular weight excluding hydrogens is 290 g/mol. The normalized spacial score (nSPS) is 13.3. The lowest BCUT2D eigenvalue weighted by Crippen LogP contribution is -2.37. The van der Waals surface area contributed by atoms with Crippen LogP contribution in [0.1, 0.15) is 31.1 Å². The fourth-order valence-corrected chi connectivity index (χ4v) is 2.02. The number of nitrogens with one attached hydrogen (secondary N) is 1. The Balaban J connectivity index is 3.28. The molecule has 0 aliphatic carbocycles. The number of nitrogens with two attached hydrogens (primary N) is 1. The van der Waals surface area contributed by atoms with Crippen LogP contribution in [0.15, 0.2) is 17.0 Å². The van der Waals surface area contributed by atoms with Gasteiger partial charge in [0.05, 0.1) is 0 Å². The van der Waals surface area contributed by atoms with Gasteiger partial charge in [-0.3, -0.25) is 4.79 Å². The Bertz CT molecular complexity index is 630. The van der Waals surface area contributed by atoms with Crippen molar-refractivity contribution in [3.8, 4) is 0 Å². The molecule has 0 heterocycles. The van der Waals surface area contributed by atoms with Crippen molar-refractivity contribution in [1.29, 1.82) is 0 Å². The van der Waals surface area contributed by atoms with E-state index in [2.05, 4.69) is 5.32 Å². The van der Waals surface area contributed by atoms with Gasteiger partial charge in [0, 0.05) is 6.04 Å². The molecule has 5 nitrogen and oxygen atoms in total. The standard InChI is InChI=1S/C12H16F2N2O3S/c1-6(2)7(3)16-12(17)10-8(13)4-5-9(11(10)14)20(15,18)19/h4-7H,1-3H3,(H,16,17)(H2,15,18,19). The monoisotopic (exact) mass is 306 g/mol. The summed E-state index contributed by atoms with van der Waals surface area (Å²) in [6, 6.07) is 1.04. The van der Waals surface area contributed by atoms with Gasteiger partial charge in [-0.05, 0) is 25.0 Å². The molecule has 1 aromatic carbocycles. The highest BCUT2D eigenvalue weighted by Crippen LogP contribution is 2.20. The lowest BCUT2D eigenvalue weighted by Gasteiger charge is -2.18. The number of hydrogen-bond acceptors (Lipinski definition) is 3. The third-order valence-electron chi connectivity index (χ3n) is 2.95. The molecule has 0 radical (unpaired) electrons. The molecule has 20 heavy (non-hydrogen) atoms. The predicted octanol–water partition coefficient (Wildman–Crippen LogP) is 1.39. The van der Waals surface area contributed by atoms with Gasteiger partial charge in [0.1, 0.15) is 16.3 Å². The molecule has 0 spiro atoms. The lowest BCUT2D eigenvalue weighted by molar-refractivity contribution is 0.0921. The van der Waals surface area contributed by atoms with Gasteiger partial charge in [-0.2, -0.15) is 0 Å². The highest BCUT2D eigenvalue weighted by Gasteiger charge is 2.26. The zero-order valence-electron chi connectivity index (χ0n) is 11.3. The summed E-state index contributed by atoms with van der Waals surface area (Å²) in [6.45, 7) is 5.30. The van der Waals surface area contributed by atoms with Gasteiger partial charge in [0.25, 0.3) is 5.91 Å². The number of hydrogen-bond donors (Lipinski definition) is 2. The molecule has 0 saturated carbocycles. The van der Waals surface area contributed by atoms with Gasteiger partial charge in [-0.25, -0.2) is 22.3 Å². The van der Waals surface area contributed by atoms with Crippen LogP contribution < -0.4 is 10.5 Å². The second kappa shape index (κ2) is 5.84. The summed E-state index contributed by atoms with van der Waals surface area (Å²) in [5.41, 5.74) is -0.955. The van der Waals surface area contributed by atoms with E-state index in [0.717, 1.165) is 0 Å². The topological polar surface area (TPSA) is 89.3 Å². The number of benzene rings is 1. The van der Waals surface area contributed by atoms with Crippen LogP contribution in [0.5, 0.6) is 0 Å². The fourth-order valence-electron chi connectivity index (χ4n) is 1.41. The number of rotatable bonds is 4. The second-order valence-corrected chi connectivity index (χ2v) is 6.32. The predicted molar refractivity (Wildman–Crippen MR) is 69.5 cm³/mol. The van der Waals surface area contributed by atoms with Crippen molar-refractivity contribution < 1.29 is 22.0 Å². The van der Waals surface area contributed by atoms with Crippen molar-refractivity contribution in [3.63, 3.8) is 0 Å². The van der Waals surface area contributed by atoms with E-state index in [4.69, 9.17) is 5.14 Å². The average molecular weight is 306 g/mol. The molecule has 0 aliphatic heterocycles. The van der Waals surface area contributed by atoms with Crippen LogP contribution >= 0.6 is 0 Å². The van der Waals surface area contributed by atoms with E-state index in [1.54, 1.807) is 6.92 Å². The molecule has 1 atom stereocenters.